The van der Waals surface area contributed by atoms with Crippen molar-refractivity contribution >= 4 is 11.6 Å². The first-order valence-corrected chi connectivity index (χ1v) is 6.70. The molecule has 1 amide bonds. The molecule has 0 unspecified atom stereocenters. The van der Waals surface area contributed by atoms with Crippen molar-refractivity contribution in [2.45, 2.75) is 37.8 Å². The van der Waals surface area contributed by atoms with Crippen LogP contribution in [0, 0.1) is 10.1 Å². The fourth-order valence-electron chi connectivity index (χ4n) is 2.53. The van der Waals surface area contributed by atoms with Gasteiger partial charge >= 0.3 is 0 Å². The summed E-state index contributed by atoms with van der Waals surface area (Å²) in [5, 5.41) is 13.5. The zero-order chi connectivity index (χ0) is 14.5. The molecule has 0 aromatic heterocycles. The van der Waals surface area contributed by atoms with Gasteiger partial charge in [-0.3, -0.25) is 14.9 Å². The number of hydrogen-bond acceptors (Lipinski definition) is 4. The summed E-state index contributed by atoms with van der Waals surface area (Å²) in [6.45, 7) is 0. The molecule has 0 heterocycles. The number of benzene rings is 1. The predicted octanol–water partition coefficient (Wildman–Crippen LogP) is 2.28. The van der Waals surface area contributed by atoms with E-state index in [1.54, 1.807) is 7.11 Å². The molecule has 1 aromatic rings. The lowest BCUT2D eigenvalue weighted by atomic mass is 9.92. The molecular weight excluding hydrogens is 260 g/mol. The van der Waals surface area contributed by atoms with Gasteiger partial charge in [-0.25, -0.2) is 0 Å². The fourth-order valence-corrected chi connectivity index (χ4v) is 2.53. The molecule has 2 rings (SSSR count). The Balaban J connectivity index is 2.01. The smallest absolute Gasteiger partial charge is 0.269 e. The number of carbonyl (C=O) groups excluding carboxylic acids is 1. The van der Waals surface area contributed by atoms with E-state index in [2.05, 4.69) is 5.32 Å². The first-order valence-electron chi connectivity index (χ1n) is 6.70. The molecule has 1 aliphatic rings. The summed E-state index contributed by atoms with van der Waals surface area (Å²) in [7, 11) is 1.65. The number of hydrogen-bond donors (Lipinski definition) is 1. The summed E-state index contributed by atoms with van der Waals surface area (Å²) in [4.78, 5) is 22.2. The van der Waals surface area contributed by atoms with Gasteiger partial charge in [0.1, 0.15) is 0 Å². The number of nitro groups is 1. The Bertz CT molecular complexity index is 486. The Morgan fingerprint density at radius 1 is 1.30 bits per heavy atom. The van der Waals surface area contributed by atoms with E-state index in [0.717, 1.165) is 25.7 Å². The summed E-state index contributed by atoms with van der Waals surface area (Å²) in [6, 6.07) is 5.63. The fraction of sp³-hybridized carbons (Fsp3) is 0.500. The van der Waals surface area contributed by atoms with E-state index < -0.39 is 4.92 Å². The van der Waals surface area contributed by atoms with Crippen molar-refractivity contribution in [2.75, 3.05) is 7.11 Å². The zero-order valence-corrected chi connectivity index (χ0v) is 11.4. The van der Waals surface area contributed by atoms with Crippen LogP contribution in [0.25, 0.3) is 0 Å². The molecule has 2 atom stereocenters. The van der Waals surface area contributed by atoms with E-state index in [9.17, 15) is 14.9 Å². The molecule has 1 aromatic carbocycles. The monoisotopic (exact) mass is 278 g/mol. The van der Waals surface area contributed by atoms with Crippen LogP contribution in [-0.4, -0.2) is 30.1 Å². The van der Waals surface area contributed by atoms with Gasteiger partial charge in [0.25, 0.3) is 11.6 Å². The van der Waals surface area contributed by atoms with E-state index in [1.807, 2.05) is 0 Å². The molecule has 0 aliphatic heterocycles. The molecule has 0 saturated heterocycles. The van der Waals surface area contributed by atoms with Gasteiger partial charge in [0.15, 0.2) is 0 Å². The first kappa shape index (κ1) is 14.5. The second-order valence-electron chi connectivity index (χ2n) is 4.94. The van der Waals surface area contributed by atoms with Gasteiger partial charge in [-0.1, -0.05) is 12.8 Å². The number of ether oxygens (including phenoxy) is 1. The van der Waals surface area contributed by atoms with Crippen LogP contribution < -0.4 is 5.32 Å². The lowest BCUT2D eigenvalue weighted by Crippen LogP contribution is -2.45. The Morgan fingerprint density at radius 2 is 1.95 bits per heavy atom. The van der Waals surface area contributed by atoms with E-state index in [0.29, 0.717) is 5.56 Å². The maximum absolute atomic E-state index is 12.1. The highest BCUT2D eigenvalue weighted by atomic mass is 16.6. The molecule has 1 saturated carbocycles. The number of non-ortho nitro benzene ring substituents is 1. The van der Waals surface area contributed by atoms with Crippen LogP contribution in [0.3, 0.4) is 0 Å². The first-order chi connectivity index (χ1) is 9.61. The Morgan fingerprint density at radius 3 is 2.55 bits per heavy atom. The highest BCUT2D eigenvalue weighted by Crippen LogP contribution is 2.21. The van der Waals surface area contributed by atoms with Crippen LogP contribution in [0.15, 0.2) is 24.3 Å². The molecule has 6 heteroatoms. The number of nitro benzene ring substituents is 1. The van der Waals surface area contributed by atoms with Gasteiger partial charge in [-0.05, 0) is 25.0 Å². The third kappa shape index (κ3) is 3.33. The van der Waals surface area contributed by atoms with Gasteiger partial charge in [0, 0.05) is 24.8 Å². The molecule has 108 valence electrons. The van der Waals surface area contributed by atoms with Gasteiger partial charge in [-0.2, -0.15) is 0 Å². The van der Waals surface area contributed by atoms with Crippen molar-refractivity contribution in [3.63, 3.8) is 0 Å². The summed E-state index contributed by atoms with van der Waals surface area (Å²) in [5.74, 6) is -0.214. The Hall–Kier alpha value is -1.95. The zero-order valence-electron chi connectivity index (χ0n) is 11.4. The third-order valence-electron chi connectivity index (χ3n) is 3.66. The Kier molecular flexibility index (Phi) is 4.68. The minimum Gasteiger partial charge on any atom is -0.379 e. The number of rotatable bonds is 4. The quantitative estimate of drug-likeness (QED) is 0.676. The topological polar surface area (TPSA) is 81.5 Å². The van der Waals surface area contributed by atoms with E-state index >= 15 is 0 Å². The molecule has 1 fully saturated rings. The highest BCUT2D eigenvalue weighted by molar-refractivity contribution is 5.94. The molecule has 0 spiro atoms. The normalized spacial score (nSPS) is 22.2. The summed E-state index contributed by atoms with van der Waals surface area (Å²) >= 11 is 0. The van der Waals surface area contributed by atoms with Crippen molar-refractivity contribution in [2.24, 2.45) is 0 Å². The third-order valence-corrected chi connectivity index (χ3v) is 3.66. The second kappa shape index (κ2) is 6.47. The molecule has 0 bridgehead atoms. The molecule has 6 nitrogen and oxygen atoms in total. The molecule has 1 N–H and O–H groups in total. The second-order valence-corrected chi connectivity index (χ2v) is 4.94. The van der Waals surface area contributed by atoms with Crippen molar-refractivity contribution in [1.29, 1.82) is 0 Å². The van der Waals surface area contributed by atoms with Gasteiger partial charge in [0.05, 0.1) is 17.1 Å². The minimum absolute atomic E-state index is 0.0106. The lowest BCUT2D eigenvalue weighted by molar-refractivity contribution is -0.384. The summed E-state index contributed by atoms with van der Waals surface area (Å²) in [6.07, 6.45) is 4.08. The largest absolute Gasteiger partial charge is 0.379 e. The molecular formula is C14H18N2O4. The average molecular weight is 278 g/mol. The lowest BCUT2D eigenvalue weighted by Gasteiger charge is -2.31. The number of methoxy groups -OCH3 is 1. The van der Waals surface area contributed by atoms with Crippen molar-refractivity contribution < 1.29 is 14.5 Å². The Labute approximate surface area is 117 Å². The maximum atomic E-state index is 12.1. The SMILES string of the molecule is CO[C@H]1CCCC[C@@H]1NC(=O)c1ccc([N+](=O)[O-])cc1. The number of nitrogens with one attached hydrogen (secondary N) is 1. The van der Waals surface area contributed by atoms with Crippen molar-refractivity contribution in [3.8, 4) is 0 Å². The van der Waals surface area contributed by atoms with Crippen LogP contribution >= 0.6 is 0 Å². The minimum atomic E-state index is -0.482. The van der Waals surface area contributed by atoms with E-state index in [4.69, 9.17) is 4.74 Å². The molecule has 20 heavy (non-hydrogen) atoms. The molecule has 1 aliphatic carbocycles. The van der Waals surface area contributed by atoms with Crippen LogP contribution in [0.5, 0.6) is 0 Å². The van der Waals surface area contributed by atoms with Crippen LogP contribution in [-0.2, 0) is 4.74 Å². The van der Waals surface area contributed by atoms with Gasteiger partial charge in [0.2, 0.25) is 0 Å². The van der Waals surface area contributed by atoms with Gasteiger partial charge in [-0.15, -0.1) is 0 Å². The van der Waals surface area contributed by atoms with Crippen LogP contribution in [0.4, 0.5) is 5.69 Å². The van der Waals surface area contributed by atoms with Crippen molar-refractivity contribution in [1.82, 2.24) is 5.32 Å². The van der Waals surface area contributed by atoms with E-state index in [1.165, 1.54) is 24.3 Å². The number of amides is 1. The average Bonchev–Trinajstić information content (AvgIpc) is 2.48. The van der Waals surface area contributed by atoms with Crippen LogP contribution in [0.1, 0.15) is 36.0 Å². The maximum Gasteiger partial charge on any atom is 0.269 e. The highest BCUT2D eigenvalue weighted by Gasteiger charge is 2.26. The summed E-state index contributed by atoms with van der Waals surface area (Å²) < 4.78 is 5.39. The van der Waals surface area contributed by atoms with Gasteiger partial charge < -0.3 is 10.1 Å². The van der Waals surface area contributed by atoms with Crippen molar-refractivity contribution in [3.05, 3.63) is 39.9 Å². The standard InChI is InChI=1S/C14H18N2O4/c1-20-13-5-3-2-4-12(13)15-14(17)10-6-8-11(9-7-10)16(18)19/h6-9,12-13H,2-5H2,1H3,(H,15,17)/t12-,13-/m0/s1. The summed E-state index contributed by atoms with van der Waals surface area (Å²) in [5.41, 5.74) is 0.407. The number of carbonyl (C=O) groups is 1. The molecule has 0 radical (unpaired) electrons. The number of nitrogens with zero attached hydrogens (tertiary/aromatic N) is 1. The van der Waals surface area contributed by atoms with E-state index in [-0.39, 0.29) is 23.7 Å². The predicted molar refractivity (Wildman–Crippen MR) is 73.6 cm³/mol. The van der Waals surface area contributed by atoms with Crippen LogP contribution in [0.2, 0.25) is 0 Å².